The lowest BCUT2D eigenvalue weighted by molar-refractivity contribution is 0.282. The lowest BCUT2D eigenvalue weighted by atomic mass is 10.1. The Bertz CT molecular complexity index is 1070. The predicted molar refractivity (Wildman–Crippen MR) is 105 cm³/mol. The highest BCUT2D eigenvalue weighted by molar-refractivity contribution is 6.06. The summed E-state index contributed by atoms with van der Waals surface area (Å²) < 4.78 is 2.26. The fourth-order valence-electron chi connectivity index (χ4n) is 3.42. The summed E-state index contributed by atoms with van der Waals surface area (Å²) in [6.45, 7) is 2.92. The van der Waals surface area contributed by atoms with E-state index in [0.29, 0.717) is 12.4 Å². The SMILES string of the molecule is CCCc1nc2c(N)nc3ccccc3c2n1Cc1ccc(CO)cc1. The van der Waals surface area contributed by atoms with Crippen molar-refractivity contribution in [2.75, 3.05) is 5.73 Å². The highest BCUT2D eigenvalue weighted by Crippen LogP contribution is 2.29. The number of para-hydroxylation sites is 1. The average molecular weight is 346 g/mol. The number of nitrogen functional groups attached to an aromatic ring is 1. The quantitative estimate of drug-likeness (QED) is 0.578. The first-order chi connectivity index (χ1) is 12.7. The van der Waals surface area contributed by atoms with Gasteiger partial charge < -0.3 is 15.4 Å². The second-order valence-electron chi connectivity index (χ2n) is 6.55. The maximum absolute atomic E-state index is 9.25. The smallest absolute Gasteiger partial charge is 0.152 e. The fraction of sp³-hybridized carbons (Fsp3) is 0.238. The van der Waals surface area contributed by atoms with Crippen LogP contribution in [0.15, 0.2) is 48.5 Å². The molecule has 132 valence electrons. The highest BCUT2D eigenvalue weighted by Gasteiger charge is 2.17. The monoisotopic (exact) mass is 346 g/mol. The molecule has 2 heterocycles. The van der Waals surface area contributed by atoms with Crippen LogP contribution in [0.25, 0.3) is 21.9 Å². The lowest BCUT2D eigenvalue weighted by Crippen LogP contribution is -2.06. The van der Waals surface area contributed by atoms with Gasteiger partial charge in [0.1, 0.15) is 11.3 Å². The molecule has 0 bridgehead atoms. The van der Waals surface area contributed by atoms with Crippen molar-refractivity contribution in [1.29, 1.82) is 0 Å². The summed E-state index contributed by atoms with van der Waals surface area (Å²) in [6, 6.07) is 16.1. The van der Waals surface area contributed by atoms with Gasteiger partial charge in [0.25, 0.3) is 0 Å². The second kappa shape index (κ2) is 6.77. The zero-order valence-corrected chi connectivity index (χ0v) is 14.8. The molecule has 0 aliphatic rings. The molecular formula is C21H22N4O. The van der Waals surface area contributed by atoms with E-state index in [9.17, 15) is 5.11 Å². The van der Waals surface area contributed by atoms with Crippen molar-refractivity contribution >= 4 is 27.8 Å². The third kappa shape index (κ3) is 2.80. The summed E-state index contributed by atoms with van der Waals surface area (Å²) in [5.41, 5.74) is 11.0. The number of aliphatic hydroxyl groups excluding tert-OH is 1. The number of anilines is 1. The number of fused-ring (bicyclic) bond motifs is 3. The first-order valence-corrected chi connectivity index (χ1v) is 8.93. The highest BCUT2D eigenvalue weighted by atomic mass is 16.3. The molecule has 0 aliphatic heterocycles. The first kappa shape index (κ1) is 16.5. The Morgan fingerprint density at radius 3 is 2.46 bits per heavy atom. The Morgan fingerprint density at radius 1 is 1.00 bits per heavy atom. The van der Waals surface area contributed by atoms with Gasteiger partial charge in [0, 0.05) is 18.4 Å². The summed E-state index contributed by atoms with van der Waals surface area (Å²) in [7, 11) is 0. The third-order valence-electron chi connectivity index (χ3n) is 4.71. The van der Waals surface area contributed by atoms with Gasteiger partial charge in [-0.2, -0.15) is 0 Å². The molecule has 4 aromatic rings. The van der Waals surface area contributed by atoms with Crippen LogP contribution in [0.4, 0.5) is 5.82 Å². The number of aryl methyl sites for hydroxylation is 1. The fourth-order valence-corrected chi connectivity index (χ4v) is 3.42. The minimum atomic E-state index is 0.0577. The maximum Gasteiger partial charge on any atom is 0.152 e. The van der Waals surface area contributed by atoms with Crippen LogP contribution < -0.4 is 5.73 Å². The van der Waals surface area contributed by atoms with Crippen LogP contribution in [0, 0.1) is 0 Å². The molecule has 0 unspecified atom stereocenters. The number of aliphatic hydroxyl groups is 1. The molecule has 0 saturated heterocycles. The summed E-state index contributed by atoms with van der Waals surface area (Å²) in [5, 5.41) is 10.3. The van der Waals surface area contributed by atoms with Crippen LogP contribution in [-0.2, 0) is 19.6 Å². The number of nitrogens with zero attached hydrogens (tertiary/aromatic N) is 3. The van der Waals surface area contributed by atoms with Gasteiger partial charge in [-0.1, -0.05) is 49.4 Å². The van der Waals surface area contributed by atoms with E-state index in [0.717, 1.165) is 46.2 Å². The summed E-state index contributed by atoms with van der Waals surface area (Å²) in [5.74, 6) is 1.50. The van der Waals surface area contributed by atoms with Gasteiger partial charge >= 0.3 is 0 Å². The van der Waals surface area contributed by atoms with Crippen molar-refractivity contribution in [1.82, 2.24) is 14.5 Å². The van der Waals surface area contributed by atoms with Gasteiger partial charge in [-0.05, 0) is 23.6 Å². The first-order valence-electron chi connectivity index (χ1n) is 8.93. The minimum absolute atomic E-state index is 0.0577. The third-order valence-corrected chi connectivity index (χ3v) is 4.71. The molecule has 0 fully saturated rings. The van der Waals surface area contributed by atoms with Gasteiger partial charge in [-0.3, -0.25) is 0 Å². The Kier molecular flexibility index (Phi) is 4.31. The number of rotatable bonds is 5. The zero-order valence-electron chi connectivity index (χ0n) is 14.8. The van der Waals surface area contributed by atoms with E-state index in [2.05, 4.69) is 34.7 Å². The molecule has 5 nitrogen and oxygen atoms in total. The van der Waals surface area contributed by atoms with Crippen molar-refractivity contribution in [2.24, 2.45) is 0 Å². The predicted octanol–water partition coefficient (Wildman–Crippen LogP) is 3.66. The van der Waals surface area contributed by atoms with Gasteiger partial charge in [-0.15, -0.1) is 0 Å². The van der Waals surface area contributed by atoms with E-state index < -0.39 is 0 Å². The van der Waals surface area contributed by atoms with E-state index >= 15 is 0 Å². The van der Waals surface area contributed by atoms with Crippen LogP contribution >= 0.6 is 0 Å². The van der Waals surface area contributed by atoms with Crippen LogP contribution in [0.5, 0.6) is 0 Å². The topological polar surface area (TPSA) is 77.0 Å². The second-order valence-corrected chi connectivity index (χ2v) is 6.55. The number of benzene rings is 2. The van der Waals surface area contributed by atoms with Gasteiger partial charge in [-0.25, -0.2) is 9.97 Å². The van der Waals surface area contributed by atoms with E-state index in [1.165, 1.54) is 5.56 Å². The van der Waals surface area contributed by atoms with Crippen molar-refractivity contribution < 1.29 is 5.11 Å². The van der Waals surface area contributed by atoms with E-state index in [1.54, 1.807) is 0 Å². The molecular weight excluding hydrogens is 324 g/mol. The van der Waals surface area contributed by atoms with E-state index in [1.807, 2.05) is 30.3 Å². The van der Waals surface area contributed by atoms with Crippen LogP contribution in [0.3, 0.4) is 0 Å². The zero-order chi connectivity index (χ0) is 18.1. The molecule has 26 heavy (non-hydrogen) atoms. The molecule has 0 saturated carbocycles. The molecule has 0 aliphatic carbocycles. The molecule has 0 amide bonds. The number of hydrogen-bond acceptors (Lipinski definition) is 4. The normalized spacial score (nSPS) is 11.5. The number of aromatic nitrogens is 3. The summed E-state index contributed by atoms with van der Waals surface area (Å²) in [4.78, 5) is 9.34. The molecule has 0 atom stereocenters. The molecule has 5 heteroatoms. The molecule has 0 radical (unpaired) electrons. The average Bonchev–Trinajstić information content (AvgIpc) is 3.02. The maximum atomic E-state index is 9.25. The standard InChI is InChI=1S/C21H22N4O/c1-2-5-18-24-19-20(16-6-3-4-7-17(16)23-21(19)22)25(18)12-14-8-10-15(13-26)11-9-14/h3-4,6-11,26H,2,5,12-13H2,1H3,(H2,22,23). The van der Waals surface area contributed by atoms with Crippen LogP contribution in [0.1, 0.15) is 30.3 Å². The minimum Gasteiger partial charge on any atom is -0.392 e. The van der Waals surface area contributed by atoms with Gasteiger partial charge in [0.05, 0.1) is 17.6 Å². The summed E-state index contributed by atoms with van der Waals surface area (Å²) >= 11 is 0. The number of hydrogen-bond donors (Lipinski definition) is 2. The molecule has 2 aromatic heterocycles. The number of imidazole rings is 1. The van der Waals surface area contributed by atoms with Crippen LogP contribution in [-0.4, -0.2) is 19.6 Å². The van der Waals surface area contributed by atoms with Crippen molar-refractivity contribution in [3.63, 3.8) is 0 Å². The molecule has 0 spiro atoms. The van der Waals surface area contributed by atoms with E-state index in [4.69, 9.17) is 10.7 Å². The van der Waals surface area contributed by atoms with Crippen LogP contribution in [0.2, 0.25) is 0 Å². The Morgan fingerprint density at radius 2 is 1.73 bits per heavy atom. The van der Waals surface area contributed by atoms with Gasteiger partial charge in [0.2, 0.25) is 0 Å². The lowest BCUT2D eigenvalue weighted by Gasteiger charge is -2.11. The molecule has 4 rings (SSSR count). The van der Waals surface area contributed by atoms with Crippen molar-refractivity contribution in [3.8, 4) is 0 Å². The Balaban J connectivity index is 1.93. The number of pyridine rings is 1. The largest absolute Gasteiger partial charge is 0.392 e. The molecule has 3 N–H and O–H groups in total. The van der Waals surface area contributed by atoms with Crippen molar-refractivity contribution in [3.05, 3.63) is 65.5 Å². The Hall–Kier alpha value is -2.92. The molecule has 2 aromatic carbocycles. The van der Waals surface area contributed by atoms with Gasteiger partial charge in [0.15, 0.2) is 5.82 Å². The van der Waals surface area contributed by atoms with E-state index in [-0.39, 0.29) is 6.61 Å². The Labute approximate surface area is 152 Å². The summed E-state index contributed by atoms with van der Waals surface area (Å²) in [6.07, 6.45) is 1.90. The number of nitrogens with two attached hydrogens (primary N) is 1. The van der Waals surface area contributed by atoms with Crippen molar-refractivity contribution in [2.45, 2.75) is 32.9 Å².